The molecule has 20 heavy (non-hydrogen) atoms. The zero-order valence-corrected chi connectivity index (χ0v) is 13.2. The summed E-state index contributed by atoms with van der Waals surface area (Å²) in [7, 11) is 2.05. The average molecular weight is 297 g/mol. The molecule has 0 spiro atoms. The molecule has 1 aromatic rings. The highest BCUT2D eigenvalue weighted by molar-refractivity contribution is 6.30. The molecule has 4 heteroatoms. The summed E-state index contributed by atoms with van der Waals surface area (Å²) in [5.74, 6) is 0. The van der Waals surface area contributed by atoms with Crippen molar-refractivity contribution in [2.45, 2.75) is 37.8 Å². The van der Waals surface area contributed by atoms with E-state index in [0.717, 1.165) is 24.5 Å². The second-order valence-corrected chi connectivity index (χ2v) is 6.55. The van der Waals surface area contributed by atoms with E-state index in [9.17, 15) is 0 Å². The highest BCUT2D eigenvalue weighted by atomic mass is 35.5. The van der Waals surface area contributed by atoms with E-state index >= 15 is 0 Å². The maximum absolute atomic E-state index is 8.94. The fourth-order valence-electron chi connectivity index (χ4n) is 2.81. The van der Waals surface area contributed by atoms with Crippen LogP contribution in [0, 0.1) is 0 Å². The zero-order chi connectivity index (χ0) is 14.6. The number of nitrogens with one attached hydrogen (secondary N) is 1. The van der Waals surface area contributed by atoms with Gasteiger partial charge in [0.25, 0.3) is 0 Å². The van der Waals surface area contributed by atoms with Crippen molar-refractivity contribution in [3.63, 3.8) is 0 Å². The highest BCUT2D eigenvalue weighted by Crippen LogP contribution is 2.39. The first-order valence-corrected chi connectivity index (χ1v) is 7.72. The minimum absolute atomic E-state index is 0.221. The van der Waals surface area contributed by atoms with E-state index in [1.807, 2.05) is 19.2 Å². The van der Waals surface area contributed by atoms with Crippen LogP contribution in [0.5, 0.6) is 0 Å². The van der Waals surface area contributed by atoms with Gasteiger partial charge in [-0.1, -0.05) is 23.7 Å². The van der Waals surface area contributed by atoms with Crippen molar-refractivity contribution in [1.29, 1.82) is 0 Å². The van der Waals surface area contributed by atoms with E-state index in [-0.39, 0.29) is 12.1 Å². The van der Waals surface area contributed by atoms with E-state index in [2.05, 4.69) is 29.3 Å². The number of rotatable bonds is 8. The monoisotopic (exact) mass is 296 g/mol. The fourth-order valence-corrected chi connectivity index (χ4v) is 2.94. The van der Waals surface area contributed by atoms with Crippen molar-refractivity contribution >= 4 is 11.6 Å². The van der Waals surface area contributed by atoms with Crippen molar-refractivity contribution < 1.29 is 5.11 Å². The highest BCUT2D eigenvalue weighted by Gasteiger charge is 2.43. The molecular weight excluding hydrogens is 272 g/mol. The lowest BCUT2D eigenvalue weighted by Gasteiger charge is -2.26. The van der Waals surface area contributed by atoms with E-state index in [1.165, 1.54) is 18.4 Å². The fraction of sp³-hybridized carbons (Fsp3) is 0.625. The Bertz CT molecular complexity index is 417. The Morgan fingerprint density at radius 3 is 2.55 bits per heavy atom. The summed E-state index contributed by atoms with van der Waals surface area (Å²) in [6.07, 6.45) is 3.55. The molecule has 2 N–H and O–H groups in total. The van der Waals surface area contributed by atoms with Crippen LogP contribution >= 0.6 is 11.6 Å². The number of nitrogens with zero attached hydrogens (tertiary/aromatic N) is 1. The SMILES string of the molecule is C[C@@H](CN(C)CCO)NC1(Cc2ccc(Cl)cc2)CC1. The molecule has 2 rings (SSSR count). The Kier molecular flexibility index (Phi) is 5.44. The van der Waals surface area contributed by atoms with Crippen molar-refractivity contribution in [3.05, 3.63) is 34.9 Å². The zero-order valence-electron chi connectivity index (χ0n) is 12.4. The first kappa shape index (κ1) is 15.8. The van der Waals surface area contributed by atoms with Gasteiger partial charge >= 0.3 is 0 Å². The quantitative estimate of drug-likeness (QED) is 0.773. The molecule has 1 saturated carbocycles. The van der Waals surface area contributed by atoms with Crippen molar-refractivity contribution in [2.75, 3.05) is 26.7 Å². The molecular formula is C16H25ClN2O. The molecule has 0 radical (unpaired) electrons. The lowest BCUT2D eigenvalue weighted by atomic mass is 10.0. The van der Waals surface area contributed by atoms with Crippen LogP contribution in [0.25, 0.3) is 0 Å². The predicted molar refractivity (Wildman–Crippen MR) is 84.3 cm³/mol. The summed E-state index contributed by atoms with van der Waals surface area (Å²) >= 11 is 5.93. The third-order valence-corrected chi connectivity index (χ3v) is 4.18. The second kappa shape index (κ2) is 6.90. The molecule has 0 amide bonds. The number of halogens is 1. The van der Waals surface area contributed by atoms with E-state index in [0.29, 0.717) is 6.04 Å². The lowest BCUT2D eigenvalue weighted by Crippen LogP contribution is -2.45. The topological polar surface area (TPSA) is 35.5 Å². The van der Waals surface area contributed by atoms with Gasteiger partial charge in [-0.2, -0.15) is 0 Å². The van der Waals surface area contributed by atoms with Crippen LogP contribution in [-0.2, 0) is 6.42 Å². The summed E-state index contributed by atoms with van der Waals surface area (Å²) in [6, 6.07) is 8.59. The Labute approximate surface area is 126 Å². The lowest BCUT2D eigenvalue weighted by molar-refractivity contribution is 0.206. The van der Waals surface area contributed by atoms with Crippen LogP contribution in [0.4, 0.5) is 0 Å². The Morgan fingerprint density at radius 1 is 1.35 bits per heavy atom. The summed E-state index contributed by atoms with van der Waals surface area (Å²) in [4.78, 5) is 2.16. The molecule has 1 aliphatic rings. The number of aliphatic hydroxyl groups is 1. The standard InChI is InChI=1S/C16H25ClN2O/c1-13(12-19(2)9-10-20)18-16(7-8-16)11-14-3-5-15(17)6-4-14/h3-6,13,18,20H,7-12H2,1-2H3/t13-/m0/s1. The van der Waals surface area contributed by atoms with Crippen LogP contribution in [0.15, 0.2) is 24.3 Å². The molecule has 0 aromatic heterocycles. The maximum atomic E-state index is 8.94. The third kappa shape index (κ3) is 4.74. The normalized spacial score (nSPS) is 18.2. The summed E-state index contributed by atoms with van der Waals surface area (Å²) < 4.78 is 0. The molecule has 1 aromatic carbocycles. The first-order chi connectivity index (χ1) is 9.53. The van der Waals surface area contributed by atoms with Crippen LogP contribution < -0.4 is 5.32 Å². The largest absolute Gasteiger partial charge is 0.395 e. The second-order valence-electron chi connectivity index (χ2n) is 6.11. The van der Waals surface area contributed by atoms with Gasteiger partial charge < -0.3 is 15.3 Å². The van der Waals surface area contributed by atoms with Gasteiger partial charge in [-0.15, -0.1) is 0 Å². The van der Waals surface area contributed by atoms with Crippen molar-refractivity contribution in [1.82, 2.24) is 10.2 Å². The van der Waals surface area contributed by atoms with Crippen LogP contribution in [-0.4, -0.2) is 48.3 Å². The molecule has 0 saturated heterocycles. The summed E-state index contributed by atoms with van der Waals surface area (Å²) in [5, 5.41) is 13.5. The number of likely N-dealkylation sites (N-methyl/N-ethyl adjacent to an activating group) is 1. The van der Waals surface area contributed by atoms with E-state index < -0.39 is 0 Å². The number of benzene rings is 1. The maximum Gasteiger partial charge on any atom is 0.0558 e. The predicted octanol–water partition coefficient (Wildman–Crippen LogP) is 2.32. The van der Waals surface area contributed by atoms with Crippen LogP contribution in [0.1, 0.15) is 25.3 Å². The van der Waals surface area contributed by atoms with Gasteiger partial charge in [0.15, 0.2) is 0 Å². The average Bonchev–Trinajstić information content (AvgIpc) is 3.11. The third-order valence-electron chi connectivity index (χ3n) is 3.93. The van der Waals surface area contributed by atoms with Crippen molar-refractivity contribution in [3.8, 4) is 0 Å². The van der Waals surface area contributed by atoms with E-state index in [1.54, 1.807) is 0 Å². The number of hydrogen-bond acceptors (Lipinski definition) is 3. The van der Waals surface area contributed by atoms with Gasteiger partial charge in [-0.05, 0) is 50.9 Å². The summed E-state index contributed by atoms with van der Waals surface area (Å²) in [6.45, 7) is 4.13. The Hall–Kier alpha value is -0.610. The minimum atomic E-state index is 0.221. The van der Waals surface area contributed by atoms with E-state index in [4.69, 9.17) is 16.7 Å². The van der Waals surface area contributed by atoms with Gasteiger partial charge in [0.1, 0.15) is 0 Å². The first-order valence-electron chi connectivity index (χ1n) is 7.34. The number of hydrogen-bond donors (Lipinski definition) is 2. The molecule has 1 aliphatic carbocycles. The molecule has 1 fully saturated rings. The molecule has 3 nitrogen and oxygen atoms in total. The smallest absolute Gasteiger partial charge is 0.0558 e. The summed E-state index contributed by atoms with van der Waals surface area (Å²) in [5.41, 5.74) is 1.61. The van der Waals surface area contributed by atoms with Crippen molar-refractivity contribution in [2.24, 2.45) is 0 Å². The molecule has 0 bridgehead atoms. The number of aliphatic hydroxyl groups excluding tert-OH is 1. The van der Waals surface area contributed by atoms with Gasteiger partial charge in [0.2, 0.25) is 0 Å². The van der Waals surface area contributed by atoms with Gasteiger partial charge in [-0.25, -0.2) is 0 Å². The Balaban J connectivity index is 1.83. The van der Waals surface area contributed by atoms with Gasteiger partial charge in [0, 0.05) is 29.7 Å². The molecule has 0 unspecified atom stereocenters. The molecule has 112 valence electrons. The van der Waals surface area contributed by atoms with Crippen LogP contribution in [0.3, 0.4) is 0 Å². The van der Waals surface area contributed by atoms with Gasteiger partial charge in [0.05, 0.1) is 6.61 Å². The van der Waals surface area contributed by atoms with Crippen LogP contribution in [0.2, 0.25) is 5.02 Å². The Morgan fingerprint density at radius 2 is 2.00 bits per heavy atom. The molecule has 1 atom stereocenters. The molecule has 0 aliphatic heterocycles. The molecule has 0 heterocycles. The van der Waals surface area contributed by atoms with Gasteiger partial charge in [-0.3, -0.25) is 0 Å². The minimum Gasteiger partial charge on any atom is -0.395 e.